The van der Waals surface area contributed by atoms with E-state index in [2.05, 4.69) is 22.5 Å². The van der Waals surface area contributed by atoms with E-state index in [0.29, 0.717) is 5.92 Å². The van der Waals surface area contributed by atoms with Gasteiger partial charge in [-0.2, -0.15) is 0 Å². The van der Waals surface area contributed by atoms with Crippen LogP contribution in [0.4, 0.5) is 5.69 Å². The summed E-state index contributed by atoms with van der Waals surface area (Å²) >= 11 is 0. The molecule has 0 spiro atoms. The highest BCUT2D eigenvalue weighted by atomic mass is 16.5. The Balaban J connectivity index is 1.63. The van der Waals surface area contributed by atoms with Crippen molar-refractivity contribution in [3.05, 3.63) is 42.5 Å². The number of imidazole rings is 1. The van der Waals surface area contributed by atoms with Gasteiger partial charge in [0.05, 0.1) is 12.9 Å². The van der Waals surface area contributed by atoms with Crippen molar-refractivity contribution in [2.24, 2.45) is 0 Å². The highest BCUT2D eigenvalue weighted by Gasteiger charge is 2.30. The first-order valence-corrected chi connectivity index (χ1v) is 10.4. The van der Waals surface area contributed by atoms with Gasteiger partial charge in [-0.05, 0) is 36.6 Å². The molecule has 2 heterocycles. The predicted molar refractivity (Wildman–Crippen MR) is 110 cm³/mol. The molecule has 0 amide bonds. The van der Waals surface area contributed by atoms with Gasteiger partial charge in [0.1, 0.15) is 12.3 Å². The molecule has 1 N–H and O–H groups in total. The van der Waals surface area contributed by atoms with E-state index in [1.54, 1.807) is 6.20 Å². The summed E-state index contributed by atoms with van der Waals surface area (Å²) in [5.74, 6) is 0.387. The molecule has 1 atom stereocenters. The monoisotopic (exact) mass is 385 g/mol. The molecule has 0 saturated heterocycles. The van der Waals surface area contributed by atoms with E-state index < -0.39 is 5.97 Å². The minimum absolute atomic E-state index is 0.0339. The maximum absolute atomic E-state index is 11.3. The van der Waals surface area contributed by atoms with Crippen molar-refractivity contribution < 1.29 is 14.6 Å². The zero-order valence-electron chi connectivity index (χ0n) is 16.7. The summed E-state index contributed by atoms with van der Waals surface area (Å²) in [6.07, 6.45) is 12.6. The quantitative estimate of drug-likeness (QED) is 0.552. The molecule has 0 saturated carbocycles. The number of rotatable bonds is 12. The molecule has 1 aliphatic heterocycles. The van der Waals surface area contributed by atoms with Crippen LogP contribution in [0.5, 0.6) is 5.75 Å². The Hall–Kier alpha value is -2.50. The number of anilines is 1. The number of aromatic nitrogens is 2. The molecule has 3 rings (SSSR count). The zero-order valence-corrected chi connectivity index (χ0v) is 16.7. The van der Waals surface area contributed by atoms with Crippen LogP contribution >= 0.6 is 0 Å². The van der Waals surface area contributed by atoms with E-state index in [1.807, 2.05) is 29.6 Å². The van der Waals surface area contributed by atoms with Gasteiger partial charge in [0, 0.05) is 37.1 Å². The third kappa shape index (κ3) is 5.50. The standard InChI is InChI=1S/C22H31N3O3/c1-2-3-4-5-6-13-28-19-7-8-21-20(14-19)18(15-25(21)16-22(26)27)9-11-24-12-10-23-17-24/h7-8,10,12,14,17-18H,2-6,9,11,13,15-16H2,1H3,(H,26,27). The van der Waals surface area contributed by atoms with Gasteiger partial charge in [-0.1, -0.05) is 32.6 Å². The minimum Gasteiger partial charge on any atom is -0.494 e. The Morgan fingerprint density at radius 3 is 2.89 bits per heavy atom. The van der Waals surface area contributed by atoms with Crippen molar-refractivity contribution in [2.45, 2.75) is 57.9 Å². The SMILES string of the molecule is CCCCCCCOc1ccc2c(c1)C(CCn1ccnc1)CN2CC(=O)O. The molecule has 1 unspecified atom stereocenters. The van der Waals surface area contributed by atoms with Crippen molar-refractivity contribution in [3.63, 3.8) is 0 Å². The molecule has 2 aromatic rings. The van der Waals surface area contributed by atoms with Crippen LogP contribution in [0.2, 0.25) is 0 Å². The maximum Gasteiger partial charge on any atom is 0.323 e. The third-order valence-corrected chi connectivity index (χ3v) is 5.36. The zero-order chi connectivity index (χ0) is 19.8. The molecule has 1 aliphatic rings. The Morgan fingerprint density at radius 2 is 2.14 bits per heavy atom. The van der Waals surface area contributed by atoms with Crippen molar-refractivity contribution in [2.75, 3.05) is 24.6 Å². The van der Waals surface area contributed by atoms with Crippen molar-refractivity contribution in [1.29, 1.82) is 0 Å². The Labute approximate surface area is 167 Å². The number of carboxylic acid groups (broad SMARTS) is 1. The molecule has 0 radical (unpaired) electrons. The Morgan fingerprint density at radius 1 is 1.29 bits per heavy atom. The average molecular weight is 386 g/mol. The lowest BCUT2D eigenvalue weighted by Gasteiger charge is -2.17. The van der Waals surface area contributed by atoms with Gasteiger partial charge in [0.15, 0.2) is 0 Å². The first kappa shape index (κ1) is 20.2. The lowest BCUT2D eigenvalue weighted by molar-refractivity contribution is -0.135. The van der Waals surface area contributed by atoms with Gasteiger partial charge in [0.2, 0.25) is 0 Å². The van der Waals surface area contributed by atoms with Gasteiger partial charge in [0.25, 0.3) is 0 Å². The number of aliphatic carboxylic acids is 1. The van der Waals surface area contributed by atoms with Gasteiger partial charge < -0.3 is 19.3 Å². The second-order valence-corrected chi connectivity index (χ2v) is 7.54. The summed E-state index contributed by atoms with van der Waals surface area (Å²) in [6.45, 7) is 4.59. The second kappa shape index (κ2) is 10.2. The van der Waals surface area contributed by atoms with Gasteiger partial charge >= 0.3 is 5.97 Å². The van der Waals surface area contributed by atoms with Crippen LogP contribution in [-0.2, 0) is 11.3 Å². The smallest absolute Gasteiger partial charge is 0.323 e. The fourth-order valence-corrected chi connectivity index (χ4v) is 3.88. The second-order valence-electron chi connectivity index (χ2n) is 7.54. The summed E-state index contributed by atoms with van der Waals surface area (Å²) in [4.78, 5) is 17.3. The summed E-state index contributed by atoms with van der Waals surface area (Å²) < 4.78 is 8.04. The highest BCUT2D eigenvalue weighted by molar-refractivity contribution is 5.76. The van der Waals surface area contributed by atoms with Gasteiger partial charge in [-0.3, -0.25) is 4.79 Å². The molecule has 152 valence electrons. The normalized spacial score (nSPS) is 15.6. The van der Waals surface area contributed by atoms with Crippen molar-refractivity contribution >= 4 is 11.7 Å². The van der Waals surface area contributed by atoms with Gasteiger partial charge in [-0.25, -0.2) is 4.98 Å². The lowest BCUT2D eigenvalue weighted by Crippen LogP contribution is -2.28. The molecule has 0 fully saturated rings. The number of ether oxygens (including phenoxy) is 1. The van der Waals surface area contributed by atoms with E-state index in [9.17, 15) is 9.90 Å². The van der Waals surface area contributed by atoms with Crippen molar-refractivity contribution in [1.82, 2.24) is 9.55 Å². The Bertz CT molecular complexity index is 745. The molecular weight excluding hydrogens is 354 g/mol. The molecular formula is C22H31N3O3. The van der Waals surface area contributed by atoms with Crippen LogP contribution in [-0.4, -0.2) is 40.3 Å². The number of hydrogen-bond acceptors (Lipinski definition) is 4. The van der Waals surface area contributed by atoms with Crippen LogP contribution < -0.4 is 9.64 Å². The fourth-order valence-electron chi connectivity index (χ4n) is 3.88. The van der Waals surface area contributed by atoms with Crippen LogP contribution in [0.15, 0.2) is 36.9 Å². The minimum atomic E-state index is -0.798. The van der Waals surface area contributed by atoms with Crippen molar-refractivity contribution in [3.8, 4) is 5.75 Å². The lowest BCUT2D eigenvalue weighted by atomic mass is 9.97. The first-order chi connectivity index (χ1) is 13.7. The molecule has 0 aliphatic carbocycles. The fraction of sp³-hybridized carbons (Fsp3) is 0.545. The molecule has 6 nitrogen and oxygen atoms in total. The highest BCUT2D eigenvalue weighted by Crippen LogP contribution is 2.40. The average Bonchev–Trinajstić information content (AvgIpc) is 3.31. The third-order valence-electron chi connectivity index (χ3n) is 5.36. The van der Waals surface area contributed by atoms with Crippen LogP contribution in [0, 0.1) is 0 Å². The number of unbranched alkanes of at least 4 members (excludes halogenated alkanes) is 4. The number of benzene rings is 1. The Kier molecular flexibility index (Phi) is 7.34. The number of nitrogens with zero attached hydrogens (tertiary/aromatic N) is 3. The van der Waals surface area contributed by atoms with Gasteiger partial charge in [-0.15, -0.1) is 0 Å². The van der Waals surface area contributed by atoms with E-state index in [1.165, 1.54) is 31.2 Å². The number of carboxylic acids is 1. The molecule has 1 aromatic carbocycles. The van der Waals surface area contributed by atoms with Crippen LogP contribution in [0.25, 0.3) is 0 Å². The largest absolute Gasteiger partial charge is 0.494 e. The van der Waals surface area contributed by atoms with E-state index in [0.717, 1.165) is 44.0 Å². The molecule has 1 aromatic heterocycles. The molecule has 6 heteroatoms. The number of hydrogen-bond donors (Lipinski definition) is 1. The van der Waals surface area contributed by atoms with Crippen LogP contribution in [0.3, 0.4) is 0 Å². The number of carbonyl (C=O) groups is 1. The van der Waals surface area contributed by atoms with E-state index in [-0.39, 0.29) is 6.54 Å². The predicted octanol–water partition coefficient (Wildman–Crippen LogP) is 4.31. The summed E-state index contributed by atoms with van der Waals surface area (Å²) in [5.41, 5.74) is 2.22. The summed E-state index contributed by atoms with van der Waals surface area (Å²) in [7, 11) is 0. The summed E-state index contributed by atoms with van der Waals surface area (Å²) in [6, 6.07) is 6.10. The first-order valence-electron chi connectivity index (χ1n) is 10.4. The number of fused-ring (bicyclic) bond motifs is 1. The molecule has 28 heavy (non-hydrogen) atoms. The van der Waals surface area contributed by atoms with E-state index in [4.69, 9.17) is 4.74 Å². The topological polar surface area (TPSA) is 67.6 Å². The maximum atomic E-state index is 11.3. The summed E-state index contributed by atoms with van der Waals surface area (Å²) in [5, 5.41) is 9.25. The van der Waals surface area contributed by atoms with E-state index >= 15 is 0 Å². The molecule has 0 bridgehead atoms. The van der Waals surface area contributed by atoms with Crippen LogP contribution in [0.1, 0.15) is 56.9 Å². The number of aryl methyl sites for hydroxylation is 1.